The fourth-order valence-electron chi connectivity index (χ4n) is 2.04. The van der Waals surface area contributed by atoms with Crippen molar-refractivity contribution in [1.82, 2.24) is 15.5 Å². The maximum absolute atomic E-state index is 11.9. The predicted octanol–water partition coefficient (Wildman–Crippen LogP) is 0.533. The zero-order valence-corrected chi connectivity index (χ0v) is 12.2. The number of nitrogens with one attached hydrogen (secondary N) is 2. The number of rotatable bonds is 6. The molecule has 2 amide bonds. The SMILES string of the molecule is CNCCCC(=O)NC1CCN(C(C)C)C1=O.Cl. The van der Waals surface area contributed by atoms with Crippen molar-refractivity contribution in [3.05, 3.63) is 0 Å². The topological polar surface area (TPSA) is 61.4 Å². The van der Waals surface area contributed by atoms with Crippen LogP contribution in [0.3, 0.4) is 0 Å². The van der Waals surface area contributed by atoms with Crippen LogP contribution in [0.25, 0.3) is 0 Å². The second kappa shape index (κ2) is 8.32. The van der Waals surface area contributed by atoms with Crippen molar-refractivity contribution >= 4 is 24.2 Å². The maximum Gasteiger partial charge on any atom is 0.245 e. The fraction of sp³-hybridized carbons (Fsp3) is 0.833. The van der Waals surface area contributed by atoms with Crippen LogP contribution in [0.15, 0.2) is 0 Å². The first-order chi connectivity index (χ1) is 8.06. The number of likely N-dealkylation sites (tertiary alicyclic amines) is 1. The average molecular weight is 278 g/mol. The van der Waals surface area contributed by atoms with Crippen molar-refractivity contribution in [1.29, 1.82) is 0 Å². The van der Waals surface area contributed by atoms with Crippen LogP contribution in [0.2, 0.25) is 0 Å². The Bertz CT molecular complexity index is 284. The first-order valence-electron chi connectivity index (χ1n) is 6.30. The van der Waals surface area contributed by atoms with Gasteiger partial charge < -0.3 is 15.5 Å². The number of hydrogen-bond donors (Lipinski definition) is 2. The molecular formula is C12H24ClN3O2. The van der Waals surface area contributed by atoms with E-state index >= 15 is 0 Å². The van der Waals surface area contributed by atoms with Gasteiger partial charge >= 0.3 is 0 Å². The van der Waals surface area contributed by atoms with Gasteiger partial charge in [-0.15, -0.1) is 12.4 Å². The largest absolute Gasteiger partial charge is 0.344 e. The van der Waals surface area contributed by atoms with Crippen LogP contribution >= 0.6 is 12.4 Å². The van der Waals surface area contributed by atoms with Gasteiger partial charge in [-0.05, 0) is 40.3 Å². The standard InChI is InChI=1S/C12H23N3O2.ClH/c1-9(2)15-8-6-10(12(15)17)14-11(16)5-4-7-13-3;/h9-10,13H,4-8H2,1-3H3,(H,14,16);1H. The lowest BCUT2D eigenvalue weighted by Crippen LogP contribution is -2.43. The number of halogens is 1. The number of hydrogen-bond acceptors (Lipinski definition) is 3. The van der Waals surface area contributed by atoms with Crippen molar-refractivity contribution in [3.8, 4) is 0 Å². The van der Waals surface area contributed by atoms with Gasteiger partial charge in [0.05, 0.1) is 0 Å². The van der Waals surface area contributed by atoms with Gasteiger partial charge in [0.1, 0.15) is 6.04 Å². The molecule has 18 heavy (non-hydrogen) atoms. The van der Waals surface area contributed by atoms with Crippen molar-refractivity contribution < 1.29 is 9.59 Å². The van der Waals surface area contributed by atoms with Crippen LogP contribution in [-0.4, -0.2) is 48.9 Å². The van der Waals surface area contributed by atoms with Gasteiger partial charge in [0, 0.05) is 19.0 Å². The normalized spacial score (nSPS) is 19.0. The molecule has 0 aliphatic carbocycles. The fourth-order valence-corrected chi connectivity index (χ4v) is 2.04. The van der Waals surface area contributed by atoms with Gasteiger partial charge in [0.15, 0.2) is 0 Å². The molecule has 0 bridgehead atoms. The van der Waals surface area contributed by atoms with Crippen LogP contribution in [-0.2, 0) is 9.59 Å². The van der Waals surface area contributed by atoms with Crippen LogP contribution in [0, 0.1) is 0 Å². The molecule has 0 radical (unpaired) electrons. The van der Waals surface area contributed by atoms with E-state index in [1.807, 2.05) is 25.8 Å². The summed E-state index contributed by atoms with van der Waals surface area (Å²) in [4.78, 5) is 25.3. The zero-order chi connectivity index (χ0) is 12.8. The summed E-state index contributed by atoms with van der Waals surface area (Å²) in [6, 6.07) is -0.0896. The minimum atomic E-state index is -0.306. The summed E-state index contributed by atoms with van der Waals surface area (Å²) in [5.41, 5.74) is 0. The van der Waals surface area contributed by atoms with E-state index in [0.29, 0.717) is 6.42 Å². The van der Waals surface area contributed by atoms with Crippen molar-refractivity contribution in [2.45, 2.75) is 45.2 Å². The number of carbonyl (C=O) groups excluding carboxylic acids is 2. The highest BCUT2D eigenvalue weighted by atomic mass is 35.5. The molecule has 1 atom stereocenters. The van der Waals surface area contributed by atoms with E-state index in [9.17, 15) is 9.59 Å². The Morgan fingerprint density at radius 3 is 2.67 bits per heavy atom. The van der Waals surface area contributed by atoms with Crippen LogP contribution in [0.5, 0.6) is 0 Å². The molecule has 0 saturated carbocycles. The monoisotopic (exact) mass is 277 g/mol. The molecule has 2 N–H and O–H groups in total. The molecule has 0 aromatic rings. The Morgan fingerprint density at radius 2 is 2.17 bits per heavy atom. The minimum absolute atomic E-state index is 0. The Balaban J connectivity index is 0.00000289. The molecule has 1 aliphatic heterocycles. The van der Waals surface area contributed by atoms with Gasteiger partial charge in [-0.1, -0.05) is 0 Å². The summed E-state index contributed by atoms with van der Waals surface area (Å²) >= 11 is 0. The summed E-state index contributed by atoms with van der Waals surface area (Å²) in [6.45, 7) is 5.56. The van der Waals surface area contributed by atoms with Crippen molar-refractivity contribution in [2.24, 2.45) is 0 Å². The lowest BCUT2D eigenvalue weighted by Gasteiger charge is -2.21. The summed E-state index contributed by atoms with van der Waals surface area (Å²) in [5, 5.41) is 5.81. The lowest BCUT2D eigenvalue weighted by molar-refractivity contribution is -0.133. The van der Waals surface area contributed by atoms with Gasteiger partial charge in [0.2, 0.25) is 11.8 Å². The zero-order valence-electron chi connectivity index (χ0n) is 11.4. The highest BCUT2D eigenvalue weighted by molar-refractivity contribution is 5.89. The van der Waals surface area contributed by atoms with E-state index in [4.69, 9.17) is 0 Å². The lowest BCUT2D eigenvalue weighted by atomic mass is 10.2. The minimum Gasteiger partial charge on any atom is -0.344 e. The molecule has 5 nitrogen and oxygen atoms in total. The highest BCUT2D eigenvalue weighted by Gasteiger charge is 2.33. The molecular weight excluding hydrogens is 254 g/mol. The van der Waals surface area contributed by atoms with Crippen LogP contribution < -0.4 is 10.6 Å². The van der Waals surface area contributed by atoms with E-state index in [0.717, 1.165) is 25.9 Å². The summed E-state index contributed by atoms with van der Waals surface area (Å²) in [7, 11) is 1.86. The number of nitrogens with zero attached hydrogens (tertiary/aromatic N) is 1. The molecule has 0 aromatic carbocycles. The maximum atomic E-state index is 11.9. The van der Waals surface area contributed by atoms with E-state index in [1.54, 1.807) is 0 Å². The molecule has 0 spiro atoms. The molecule has 1 saturated heterocycles. The molecule has 106 valence electrons. The first-order valence-corrected chi connectivity index (χ1v) is 6.30. The van der Waals surface area contributed by atoms with Crippen molar-refractivity contribution in [2.75, 3.05) is 20.1 Å². The van der Waals surface area contributed by atoms with Gasteiger partial charge in [-0.2, -0.15) is 0 Å². The number of amides is 2. The Labute approximate surface area is 115 Å². The van der Waals surface area contributed by atoms with Crippen LogP contribution in [0.1, 0.15) is 33.1 Å². The van der Waals surface area contributed by atoms with Gasteiger partial charge in [0.25, 0.3) is 0 Å². The van der Waals surface area contributed by atoms with Gasteiger partial charge in [-0.3, -0.25) is 9.59 Å². The smallest absolute Gasteiger partial charge is 0.245 e. The summed E-state index contributed by atoms with van der Waals surface area (Å²) < 4.78 is 0. The summed E-state index contributed by atoms with van der Waals surface area (Å²) in [6.07, 6.45) is 2.01. The Kier molecular flexibility index (Phi) is 7.95. The van der Waals surface area contributed by atoms with Gasteiger partial charge in [-0.25, -0.2) is 0 Å². The van der Waals surface area contributed by atoms with E-state index in [1.165, 1.54) is 0 Å². The quantitative estimate of drug-likeness (QED) is 0.697. The van der Waals surface area contributed by atoms with Crippen LogP contribution in [0.4, 0.5) is 0 Å². The predicted molar refractivity (Wildman–Crippen MR) is 73.8 cm³/mol. The second-order valence-corrected chi connectivity index (χ2v) is 4.74. The molecule has 1 rings (SSSR count). The van der Waals surface area contributed by atoms with E-state index in [2.05, 4.69) is 10.6 Å². The third-order valence-corrected chi connectivity index (χ3v) is 3.03. The van der Waals surface area contributed by atoms with E-state index in [-0.39, 0.29) is 36.3 Å². The third-order valence-electron chi connectivity index (χ3n) is 3.03. The molecule has 1 fully saturated rings. The number of carbonyl (C=O) groups is 2. The Hall–Kier alpha value is -0.810. The average Bonchev–Trinajstić information content (AvgIpc) is 2.61. The Morgan fingerprint density at radius 1 is 1.50 bits per heavy atom. The van der Waals surface area contributed by atoms with Crippen molar-refractivity contribution in [3.63, 3.8) is 0 Å². The molecule has 0 aromatic heterocycles. The highest BCUT2D eigenvalue weighted by Crippen LogP contribution is 2.14. The van der Waals surface area contributed by atoms with E-state index < -0.39 is 0 Å². The molecule has 6 heteroatoms. The second-order valence-electron chi connectivity index (χ2n) is 4.74. The molecule has 1 unspecified atom stereocenters. The summed E-state index contributed by atoms with van der Waals surface area (Å²) in [5.74, 6) is 0.0335. The first kappa shape index (κ1) is 17.2. The third kappa shape index (κ3) is 4.82. The molecule has 1 aliphatic rings. The molecule has 1 heterocycles.